The molecule has 10 rings (SSSR count). The summed E-state index contributed by atoms with van der Waals surface area (Å²) in [6.07, 6.45) is 1.82. The second-order valence-corrected chi connectivity index (χ2v) is 16.7. The van der Waals surface area contributed by atoms with E-state index in [4.69, 9.17) is 9.47 Å². The number of hydrogen-bond donors (Lipinski definition) is 0. The molecule has 334 valence electrons. The number of ether oxygens (including phenoxy) is 2. The van der Waals surface area contributed by atoms with Gasteiger partial charge in [0, 0.05) is 30.0 Å². The largest absolute Gasteiger partial charge is 0.485 e. The first kappa shape index (κ1) is 42.4. The standard InChI is InChI=1S/C48H39F6N10O2/c1-27-14-31-20-59-63(33-22-57-61(3)24-33)39(31)16-43(27)66-42-9-5-7-38-36(42)13-11-30(46(38)48(52,53)54)19-56-26-62-25-34(23-58-62)64-40-17-44(28(2)15-32(40)21-60-64)65-41-8-4-6-37-35(41)12-10-29(18-55)45(37)47(49,50)51/h10-17,20-25,41-42H,4-9,26H2,1-3H3/q+1/t41-,42+/m1/s1. The van der Waals surface area contributed by atoms with Crippen LogP contribution in [0, 0.1) is 31.2 Å². The molecule has 4 aromatic carbocycles. The molecule has 4 heterocycles. The molecule has 4 aromatic heterocycles. The number of nitrogens with zero attached hydrogens (tertiary/aromatic N) is 10. The summed E-state index contributed by atoms with van der Waals surface area (Å²) in [7, 11) is 1.81. The number of benzene rings is 4. The lowest BCUT2D eigenvalue weighted by Crippen LogP contribution is -2.21. The third-order valence-electron chi connectivity index (χ3n) is 12.3. The van der Waals surface area contributed by atoms with E-state index in [0.29, 0.717) is 59.5 Å². The summed E-state index contributed by atoms with van der Waals surface area (Å²) in [5, 5.41) is 28.8. The van der Waals surface area contributed by atoms with Crippen LogP contribution in [0.3, 0.4) is 0 Å². The van der Waals surface area contributed by atoms with Gasteiger partial charge in [-0.2, -0.15) is 56.7 Å². The molecule has 12 nitrogen and oxygen atoms in total. The van der Waals surface area contributed by atoms with Gasteiger partial charge in [-0.3, -0.25) is 4.68 Å². The molecule has 18 heteroatoms. The quantitative estimate of drug-likeness (QED) is 0.146. The van der Waals surface area contributed by atoms with Crippen molar-refractivity contribution < 1.29 is 35.8 Å². The third-order valence-corrected chi connectivity index (χ3v) is 12.3. The lowest BCUT2D eigenvalue weighted by molar-refractivity contribution is -0.139. The van der Waals surface area contributed by atoms with Crippen LogP contribution in [-0.4, -0.2) is 39.1 Å². The molecule has 2 aliphatic carbocycles. The summed E-state index contributed by atoms with van der Waals surface area (Å²) in [4.78, 5) is 4.26. The molecule has 0 radical (unpaired) electrons. The van der Waals surface area contributed by atoms with Crippen molar-refractivity contribution in [3.63, 3.8) is 0 Å². The van der Waals surface area contributed by atoms with E-state index in [0.717, 1.165) is 33.1 Å². The maximum Gasteiger partial charge on any atom is 0.418 e. The first-order chi connectivity index (χ1) is 31.6. The lowest BCUT2D eigenvalue weighted by atomic mass is 9.84. The first-order valence-electron chi connectivity index (χ1n) is 21.2. The Hall–Kier alpha value is -7.60. The maximum atomic E-state index is 14.9. The van der Waals surface area contributed by atoms with Gasteiger partial charge in [0.15, 0.2) is 0 Å². The van der Waals surface area contributed by atoms with Crippen LogP contribution < -0.4 is 9.47 Å². The monoisotopic (exact) mass is 901 g/mol. The fourth-order valence-electron chi connectivity index (χ4n) is 9.35. The normalized spacial score (nSPS) is 16.1. The van der Waals surface area contributed by atoms with Crippen LogP contribution in [-0.2, 0) is 38.9 Å². The van der Waals surface area contributed by atoms with Crippen molar-refractivity contribution in [2.24, 2.45) is 7.05 Å². The molecular weight excluding hydrogens is 863 g/mol. The number of halogens is 6. The van der Waals surface area contributed by atoms with E-state index < -0.39 is 41.3 Å². The molecule has 0 unspecified atom stereocenters. The number of nitriles is 1. The summed E-state index contributed by atoms with van der Waals surface area (Å²) in [6.45, 7) is 3.60. The average Bonchev–Trinajstić information content (AvgIpc) is 4.10. The molecule has 0 amide bonds. The predicted octanol–water partition coefficient (Wildman–Crippen LogP) is 11.1. The molecule has 0 fully saturated rings. The number of aryl methyl sites for hydroxylation is 3. The molecule has 0 aliphatic heterocycles. The van der Waals surface area contributed by atoms with Crippen molar-refractivity contribution in [1.82, 2.24) is 39.1 Å². The van der Waals surface area contributed by atoms with E-state index >= 15 is 0 Å². The molecule has 0 bridgehead atoms. The Labute approximate surface area is 373 Å². The maximum absolute atomic E-state index is 14.9. The SMILES string of the molecule is Cc1cc2cnn(-c3cnn(C)c3)c2cc1O[C@H]1CCCc2c1ccc(C#[N+]Cn1cc(-n3ncc4cc(C)c(O[C@@H]5CCCc6c5ccc(C#N)c6C(F)(F)F)cc43)cn1)c2C(F)(F)F. The van der Waals surface area contributed by atoms with Crippen molar-refractivity contribution in [3.05, 3.63) is 146 Å². The van der Waals surface area contributed by atoms with Gasteiger partial charge < -0.3 is 9.47 Å². The highest BCUT2D eigenvalue weighted by atomic mass is 19.4. The zero-order valence-electron chi connectivity index (χ0n) is 35.7. The minimum Gasteiger partial charge on any atom is -0.485 e. The van der Waals surface area contributed by atoms with Gasteiger partial charge >= 0.3 is 25.1 Å². The van der Waals surface area contributed by atoms with Gasteiger partial charge in [0.25, 0.3) is 0 Å². The number of alkyl halides is 6. The van der Waals surface area contributed by atoms with Gasteiger partial charge in [0.1, 0.15) is 40.6 Å². The zero-order chi connectivity index (χ0) is 46.1. The Morgan fingerprint density at radius 1 is 0.682 bits per heavy atom. The second kappa shape index (κ2) is 16.1. The Balaban J connectivity index is 0.890. The van der Waals surface area contributed by atoms with Crippen LogP contribution in [0.25, 0.3) is 38.0 Å². The van der Waals surface area contributed by atoms with Crippen LogP contribution in [0.1, 0.15) is 93.5 Å². The van der Waals surface area contributed by atoms with E-state index in [1.54, 1.807) is 63.1 Å². The minimum absolute atomic E-state index is 0.0843. The lowest BCUT2D eigenvalue weighted by Gasteiger charge is -2.29. The van der Waals surface area contributed by atoms with Crippen molar-refractivity contribution in [2.75, 3.05) is 0 Å². The molecule has 2 aliphatic rings. The molecule has 0 spiro atoms. The van der Waals surface area contributed by atoms with Crippen LogP contribution >= 0.6 is 0 Å². The van der Waals surface area contributed by atoms with Crippen molar-refractivity contribution in [1.29, 1.82) is 5.26 Å². The van der Waals surface area contributed by atoms with Crippen LogP contribution in [0.15, 0.2) is 85.7 Å². The highest BCUT2D eigenvalue weighted by molar-refractivity contribution is 5.84. The van der Waals surface area contributed by atoms with E-state index in [2.05, 4.69) is 31.3 Å². The van der Waals surface area contributed by atoms with Crippen LogP contribution in [0.5, 0.6) is 11.5 Å². The van der Waals surface area contributed by atoms with Gasteiger partial charge in [0.2, 0.25) is 0 Å². The molecule has 0 saturated heterocycles. The van der Waals surface area contributed by atoms with Gasteiger partial charge in [-0.1, -0.05) is 17.0 Å². The Kier molecular flexibility index (Phi) is 10.4. The summed E-state index contributed by atoms with van der Waals surface area (Å²) < 4.78 is 107. The minimum atomic E-state index is -4.69. The van der Waals surface area contributed by atoms with E-state index in [-0.39, 0.29) is 36.2 Å². The zero-order valence-corrected chi connectivity index (χ0v) is 35.7. The molecule has 0 saturated carbocycles. The fourth-order valence-corrected chi connectivity index (χ4v) is 9.35. The Morgan fingerprint density at radius 3 is 1.71 bits per heavy atom. The fraction of sp³-hybridized carbons (Fsp3) is 0.292. The van der Waals surface area contributed by atoms with E-state index in [1.165, 1.54) is 23.0 Å². The number of aromatic nitrogens is 8. The number of rotatable bonds is 7. The van der Waals surface area contributed by atoms with E-state index in [9.17, 15) is 31.6 Å². The highest BCUT2D eigenvalue weighted by Crippen LogP contribution is 2.45. The molecule has 2 atom stereocenters. The molecule has 8 aromatic rings. The summed E-state index contributed by atoms with van der Waals surface area (Å²) in [5.41, 5.74) is 3.12. The van der Waals surface area contributed by atoms with E-state index in [1.807, 2.05) is 45.3 Å². The predicted molar refractivity (Wildman–Crippen MR) is 231 cm³/mol. The average molecular weight is 902 g/mol. The van der Waals surface area contributed by atoms with Crippen molar-refractivity contribution in [3.8, 4) is 35.0 Å². The van der Waals surface area contributed by atoms with Gasteiger partial charge in [-0.05, 0) is 110 Å². The summed E-state index contributed by atoms with van der Waals surface area (Å²) >= 11 is 0. The van der Waals surface area contributed by atoms with Crippen molar-refractivity contribution in [2.45, 2.75) is 83.6 Å². The van der Waals surface area contributed by atoms with Gasteiger partial charge in [-0.15, -0.1) is 0 Å². The van der Waals surface area contributed by atoms with Crippen LogP contribution in [0.2, 0.25) is 0 Å². The highest BCUT2D eigenvalue weighted by Gasteiger charge is 2.41. The summed E-state index contributed by atoms with van der Waals surface area (Å²) in [6, 6.07) is 17.6. The van der Waals surface area contributed by atoms with Gasteiger partial charge in [-0.25, -0.2) is 9.36 Å². The number of fused-ring (bicyclic) bond motifs is 4. The Morgan fingerprint density at radius 2 is 1.20 bits per heavy atom. The molecular formula is C48H39F6N10O2+. The van der Waals surface area contributed by atoms with Crippen LogP contribution in [0.4, 0.5) is 26.3 Å². The van der Waals surface area contributed by atoms with Gasteiger partial charge in [0.05, 0.1) is 71.0 Å². The summed E-state index contributed by atoms with van der Waals surface area (Å²) in [5.74, 6) is 1.01. The Bertz CT molecular complexity index is 3320. The molecule has 0 N–H and O–H groups in total. The molecule has 66 heavy (non-hydrogen) atoms. The smallest absolute Gasteiger partial charge is 0.418 e. The third kappa shape index (κ3) is 7.65. The topological polar surface area (TPSA) is 118 Å². The van der Waals surface area contributed by atoms with Crippen molar-refractivity contribution >= 4 is 21.8 Å². The number of hydrogen-bond acceptors (Lipinski definition) is 7. The second-order valence-electron chi connectivity index (χ2n) is 16.7. The first-order valence-corrected chi connectivity index (χ1v) is 21.2.